The number of ether oxygens (including phenoxy) is 7. The van der Waals surface area contributed by atoms with E-state index in [0.29, 0.717) is 35.6 Å². The molecular formula is C45H76Cl10KN7O11-2. The molecule has 0 aromatic heterocycles. The summed E-state index contributed by atoms with van der Waals surface area (Å²) in [6.07, 6.45) is 0. The molecule has 1 aromatic carbocycles. The van der Waals surface area contributed by atoms with Crippen LogP contribution in [-0.2, 0) is 42.7 Å². The predicted molar refractivity (Wildman–Crippen MR) is 284 cm³/mol. The SMILES string of the molecule is C.C.C.C1CN(C2C(N3CCOCC3)C2N2CCOCC2)CCO1.ClC1C(Cl)(Cl)C1(Cl)Cl.ClC1C(N2CCOCC2)C1N1CCOCC1.O=C(Cl)C(=O)Cl.O=c1c(N2CCOCC2)c1N1CCOCC1.[Cl-].[Cl-].[K+].[OH-]. The molecule has 29 heteroatoms. The summed E-state index contributed by atoms with van der Waals surface area (Å²) in [5.74, 6) is 0. The van der Waals surface area contributed by atoms with Crippen LogP contribution in [0.1, 0.15) is 22.3 Å². The minimum atomic E-state index is -1.16. The average Bonchev–Trinajstić information content (AvgIpc) is 4.33. The molecule has 0 radical (unpaired) electrons. The number of hydrogen-bond acceptors (Lipinski definition) is 18. The molecule has 11 rings (SSSR count). The van der Waals surface area contributed by atoms with Gasteiger partial charge in [0.15, 0.2) is 8.67 Å². The standard InChI is InChI=1S/C15H27N3O3.C11H19ClN2O2.C11H16N2O3.C3HCl5.C2Cl2O2.3CH4.2ClH.K.H2O/c1-7-19-8-2-16(1)13-14(17-3-9-20-10-4-17)15(13)18-5-11-21-12-6-18;12-9-10(13-1-5-15-6-2-13)11(9)14-3-7-16-8-4-14;14-11-9(12-1-5-15-6-2-12)10(11)13-3-7-16-8-4-13;4-1-2(5,6)3(1,7)8;3-1(5)2(4)6;;;;;;;/h13-15H,1-12H2;9-11H,1-8H2;1-8H2;1H;;3*1H4;2*1H;;1H2/q;;;;;;;;;;+1;/p-3. The van der Waals surface area contributed by atoms with E-state index < -0.39 is 24.5 Å². The van der Waals surface area contributed by atoms with Crippen molar-refractivity contribution in [3.8, 4) is 0 Å². The van der Waals surface area contributed by atoms with Crippen LogP contribution in [0.3, 0.4) is 0 Å². The number of alkyl halides is 6. The Labute approximate surface area is 533 Å². The molecule has 2 atom stereocenters. The molecule has 10 fully saturated rings. The maximum Gasteiger partial charge on any atom is 1.00 e. The van der Waals surface area contributed by atoms with Crippen LogP contribution in [0.5, 0.6) is 0 Å². The fourth-order valence-electron chi connectivity index (χ4n) is 9.64. The van der Waals surface area contributed by atoms with E-state index in [1.54, 1.807) is 0 Å². The fraction of sp³-hybridized carbons (Fsp3) is 0.889. The second-order valence-electron chi connectivity index (χ2n) is 17.5. The van der Waals surface area contributed by atoms with E-state index in [2.05, 4.69) is 57.5 Å². The van der Waals surface area contributed by atoms with Crippen molar-refractivity contribution in [1.82, 2.24) is 24.5 Å². The molecule has 7 heterocycles. The van der Waals surface area contributed by atoms with Crippen molar-refractivity contribution < 1.29 is 124 Å². The molecule has 10 aliphatic rings. The van der Waals surface area contributed by atoms with Crippen molar-refractivity contribution in [2.24, 2.45) is 0 Å². The molecule has 2 unspecified atom stereocenters. The maximum absolute atomic E-state index is 11.8. The monoisotopic (exact) mass is 1280 g/mol. The summed E-state index contributed by atoms with van der Waals surface area (Å²) in [6.45, 7) is 25.7. The van der Waals surface area contributed by atoms with Gasteiger partial charge in [-0.2, -0.15) is 0 Å². The van der Waals surface area contributed by atoms with Gasteiger partial charge in [-0.15, -0.1) is 23.2 Å². The molecule has 1 aromatic rings. The second kappa shape index (κ2) is 36.8. The molecule has 3 saturated carbocycles. The number of hydrogen-bond donors (Lipinski definition) is 0. The van der Waals surface area contributed by atoms with E-state index in [9.17, 15) is 14.4 Å². The van der Waals surface area contributed by atoms with Gasteiger partial charge in [0.1, 0.15) is 16.8 Å². The van der Waals surface area contributed by atoms with Gasteiger partial charge in [0.25, 0.3) is 0 Å². The summed E-state index contributed by atoms with van der Waals surface area (Å²) in [7, 11) is 0. The van der Waals surface area contributed by atoms with E-state index in [-0.39, 0.29) is 109 Å². The zero-order valence-electron chi connectivity index (χ0n) is 39.8. The summed E-state index contributed by atoms with van der Waals surface area (Å²) in [4.78, 5) is 47.9. The third kappa shape index (κ3) is 20.6. The first-order chi connectivity index (χ1) is 32.3. The first kappa shape index (κ1) is 76.4. The molecule has 430 valence electrons. The molecule has 3 aliphatic carbocycles. The van der Waals surface area contributed by atoms with Gasteiger partial charge in [0, 0.05) is 122 Å². The van der Waals surface area contributed by atoms with Gasteiger partial charge in [-0.05, 0) is 23.2 Å². The van der Waals surface area contributed by atoms with E-state index >= 15 is 0 Å². The van der Waals surface area contributed by atoms with E-state index in [1.807, 2.05) is 0 Å². The molecule has 7 aliphatic heterocycles. The van der Waals surface area contributed by atoms with Crippen LogP contribution < -0.4 is 91.4 Å². The molecule has 0 spiro atoms. The molecular weight excluding hydrogens is 1210 g/mol. The Morgan fingerprint density at radius 2 is 0.581 bits per heavy atom. The molecule has 0 amide bonds. The Morgan fingerprint density at radius 3 is 0.757 bits per heavy atom. The largest absolute Gasteiger partial charge is 1.00 e. The molecule has 0 bridgehead atoms. The van der Waals surface area contributed by atoms with Crippen molar-refractivity contribution >= 4 is 115 Å². The Hall–Kier alpha value is 2.37. The number of carbonyl (C=O) groups excluding carboxylic acids is 2. The summed E-state index contributed by atoms with van der Waals surface area (Å²) >= 11 is 42.7. The van der Waals surface area contributed by atoms with Gasteiger partial charge in [0.2, 0.25) is 5.43 Å². The Morgan fingerprint density at radius 1 is 0.405 bits per heavy atom. The summed E-state index contributed by atoms with van der Waals surface area (Å²) in [5.41, 5.74) is 2.07. The first-order valence-corrected chi connectivity index (χ1v) is 26.4. The number of nitrogens with zero attached hydrogens (tertiary/aromatic N) is 7. The summed E-state index contributed by atoms with van der Waals surface area (Å²) in [5, 5.41) is -2.54. The normalized spacial score (nSPS) is 29.7. The Kier molecular flexibility index (Phi) is 38.0. The molecule has 1 N–H and O–H groups in total. The third-order valence-electron chi connectivity index (χ3n) is 13.5. The van der Waals surface area contributed by atoms with Gasteiger partial charge in [-0.25, -0.2) is 0 Å². The minimum Gasteiger partial charge on any atom is -1.00 e. The molecule has 7 saturated heterocycles. The third-order valence-corrected chi connectivity index (χ3v) is 18.0. The van der Waals surface area contributed by atoms with Crippen LogP contribution in [0, 0.1) is 0 Å². The van der Waals surface area contributed by atoms with Crippen LogP contribution in [-0.4, -0.2) is 274 Å². The number of rotatable bonds is 8. The van der Waals surface area contributed by atoms with Crippen LogP contribution in [0.2, 0.25) is 0 Å². The zero-order valence-corrected chi connectivity index (χ0v) is 50.5. The Bertz CT molecular complexity index is 1590. The number of morpholine rings is 7. The average molecular weight is 1280 g/mol. The van der Waals surface area contributed by atoms with Crippen molar-refractivity contribution in [1.29, 1.82) is 0 Å². The van der Waals surface area contributed by atoms with Crippen LogP contribution in [0.15, 0.2) is 4.79 Å². The van der Waals surface area contributed by atoms with E-state index in [4.69, 9.17) is 103 Å². The van der Waals surface area contributed by atoms with E-state index in [0.717, 1.165) is 195 Å². The quantitative estimate of drug-likeness (QED) is 0.105. The predicted octanol–water partition coefficient (Wildman–Crippen LogP) is -5.08. The summed E-state index contributed by atoms with van der Waals surface area (Å²) in [6, 6.07) is 3.15. The van der Waals surface area contributed by atoms with Gasteiger partial charge in [-0.3, -0.25) is 38.9 Å². The smallest absolute Gasteiger partial charge is 1.00 e. The molecule has 74 heavy (non-hydrogen) atoms. The van der Waals surface area contributed by atoms with Crippen LogP contribution in [0.4, 0.5) is 11.4 Å². The van der Waals surface area contributed by atoms with Gasteiger partial charge >= 0.3 is 61.9 Å². The van der Waals surface area contributed by atoms with Gasteiger partial charge in [0.05, 0.1) is 97.9 Å². The number of halogens is 10. The zero-order chi connectivity index (χ0) is 47.7. The van der Waals surface area contributed by atoms with E-state index in [1.165, 1.54) is 0 Å². The first-order valence-electron chi connectivity index (χ1n) is 23.2. The van der Waals surface area contributed by atoms with Crippen molar-refractivity contribution in [2.45, 2.75) is 71.9 Å². The van der Waals surface area contributed by atoms with Gasteiger partial charge in [-0.1, -0.05) is 68.7 Å². The van der Waals surface area contributed by atoms with Crippen LogP contribution in [0.25, 0.3) is 0 Å². The van der Waals surface area contributed by atoms with Crippen molar-refractivity contribution in [2.75, 3.05) is 194 Å². The van der Waals surface area contributed by atoms with Gasteiger partial charge < -0.3 is 73.2 Å². The van der Waals surface area contributed by atoms with Crippen molar-refractivity contribution in [3.05, 3.63) is 10.2 Å². The number of anilines is 2. The second-order valence-corrected chi connectivity index (χ2v) is 21.9. The fourth-order valence-corrected chi connectivity index (χ4v) is 11.8. The van der Waals surface area contributed by atoms with Crippen molar-refractivity contribution in [3.63, 3.8) is 0 Å². The topological polar surface area (TPSA) is 168 Å². The van der Waals surface area contributed by atoms with Crippen LogP contribution >= 0.6 is 92.8 Å². The number of carbonyl (C=O) groups is 2. The molecule has 18 nitrogen and oxygen atoms in total. The summed E-state index contributed by atoms with van der Waals surface area (Å²) < 4.78 is 35.6. The Balaban J connectivity index is 0.000000926. The maximum atomic E-state index is 11.8. The minimum absolute atomic E-state index is 0.